The molecule has 0 spiro atoms. The third-order valence-electron chi connectivity index (χ3n) is 11.1. The number of esters is 1. The lowest BCUT2D eigenvalue weighted by molar-refractivity contribution is -0.143. The maximum atomic E-state index is 12.4. The van der Waals surface area contributed by atoms with E-state index in [0.29, 0.717) is 19.4 Å². The lowest BCUT2D eigenvalue weighted by atomic mass is 10.0. The molecule has 0 rings (SSSR count). The molecule has 0 heterocycles. The summed E-state index contributed by atoms with van der Waals surface area (Å²) in [6.45, 7) is 4.80. The Morgan fingerprint density at radius 2 is 0.862 bits per heavy atom. The summed E-state index contributed by atoms with van der Waals surface area (Å²) in [6, 6.07) is -0.634. The van der Waals surface area contributed by atoms with Crippen molar-refractivity contribution in [3.05, 3.63) is 48.6 Å². The van der Waals surface area contributed by atoms with Crippen molar-refractivity contribution in [3.63, 3.8) is 0 Å². The smallest absolute Gasteiger partial charge is 0.305 e. The van der Waals surface area contributed by atoms with E-state index in [9.17, 15) is 19.8 Å². The summed E-state index contributed by atoms with van der Waals surface area (Å²) in [4.78, 5) is 24.3. The Morgan fingerprint density at radius 1 is 0.483 bits per heavy atom. The Balaban J connectivity index is 3.50. The summed E-state index contributed by atoms with van der Waals surface area (Å²) in [5.74, 6) is -0.107. The second kappa shape index (κ2) is 47.5. The third kappa shape index (κ3) is 43.4. The molecule has 0 bridgehead atoms. The highest BCUT2D eigenvalue weighted by Gasteiger charge is 2.18. The second-order valence-electron chi connectivity index (χ2n) is 16.8. The molecule has 1 amide bonds. The standard InChI is InChI=1S/C52H95NO5/c1-3-5-7-9-11-13-14-22-26-30-34-38-42-46-52(57)58-47-43-39-35-31-27-24-21-19-17-15-16-18-20-23-25-29-33-37-41-45-51(56)53-49(48-54)50(55)44-40-36-32-28-12-10-8-6-4-2/h13-14,19,21,24,27,40,44,49-50,54-55H,3-12,15-18,20,22-23,25-26,28-39,41-43,45-48H2,1-2H3,(H,53,56)/b14-13-,21-19-,27-24-,44-40+. The SMILES string of the molecule is CCCCCC/C=C\CCCCCCCC(=O)OCCCCC/C=C\C=C/CCCCCCCCCCCCC(=O)NC(CO)C(O)/C=C/CCCCCCCCC. The fraction of sp³-hybridized carbons (Fsp3) is 0.808. The predicted molar refractivity (Wildman–Crippen MR) is 250 cm³/mol. The number of aliphatic hydroxyl groups is 2. The number of carbonyl (C=O) groups excluding carboxylic acids is 2. The maximum absolute atomic E-state index is 12.4. The van der Waals surface area contributed by atoms with Crippen LogP contribution in [0.5, 0.6) is 0 Å². The van der Waals surface area contributed by atoms with Crippen molar-refractivity contribution in [2.24, 2.45) is 0 Å². The quantitative estimate of drug-likeness (QED) is 0.0246. The van der Waals surface area contributed by atoms with Gasteiger partial charge in [-0.3, -0.25) is 9.59 Å². The number of allylic oxidation sites excluding steroid dienone is 7. The average molecular weight is 814 g/mol. The van der Waals surface area contributed by atoms with Gasteiger partial charge in [-0.05, 0) is 89.9 Å². The molecule has 0 aliphatic carbocycles. The molecule has 6 heteroatoms. The number of aliphatic hydroxyl groups excluding tert-OH is 2. The maximum Gasteiger partial charge on any atom is 0.305 e. The first kappa shape index (κ1) is 55.8. The van der Waals surface area contributed by atoms with E-state index in [0.717, 1.165) is 77.0 Å². The van der Waals surface area contributed by atoms with Gasteiger partial charge < -0.3 is 20.3 Å². The Morgan fingerprint density at radius 3 is 1.34 bits per heavy atom. The minimum Gasteiger partial charge on any atom is -0.466 e. The van der Waals surface area contributed by atoms with Crippen LogP contribution in [-0.4, -0.2) is 47.4 Å². The van der Waals surface area contributed by atoms with Gasteiger partial charge in [-0.25, -0.2) is 0 Å². The first-order valence-corrected chi connectivity index (χ1v) is 24.9. The van der Waals surface area contributed by atoms with Gasteiger partial charge in [0, 0.05) is 12.8 Å². The summed E-state index contributed by atoms with van der Waals surface area (Å²) < 4.78 is 5.43. The topological polar surface area (TPSA) is 95.9 Å². The van der Waals surface area contributed by atoms with Gasteiger partial charge in [0.05, 0.1) is 25.4 Å². The van der Waals surface area contributed by atoms with Crippen LogP contribution in [0.25, 0.3) is 0 Å². The van der Waals surface area contributed by atoms with Crippen molar-refractivity contribution in [2.75, 3.05) is 13.2 Å². The third-order valence-corrected chi connectivity index (χ3v) is 11.1. The van der Waals surface area contributed by atoms with E-state index < -0.39 is 12.1 Å². The molecule has 3 N–H and O–H groups in total. The molecular weight excluding hydrogens is 719 g/mol. The Kier molecular flexibility index (Phi) is 45.7. The van der Waals surface area contributed by atoms with E-state index in [-0.39, 0.29) is 18.5 Å². The van der Waals surface area contributed by atoms with Gasteiger partial charge >= 0.3 is 5.97 Å². The zero-order valence-corrected chi connectivity index (χ0v) is 38.3. The fourth-order valence-electron chi connectivity index (χ4n) is 7.20. The molecule has 0 radical (unpaired) electrons. The molecule has 0 aromatic heterocycles. The number of hydrogen-bond donors (Lipinski definition) is 3. The summed E-state index contributed by atoms with van der Waals surface area (Å²) in [5.41, 5.74) is 0. The first-order valence-electron chi connectivity index (χ1n) is 24.9. The normalized spacial score (nSPS) is 13.1. The summed E-state index contributed by atoms with van der Waals surface area (Å²) in [5, 5.41) is 22.9. The van der Waals surface area contributed by atoms with Crippen LogP contribution in [0, 0.1) is 0 Å². The summed E-state index contributed by atoms with van der Waals surface area (Å²) in [7, 11) is 0. The van der Waals surface area contributed by atoms with Crippen LogP contribution in [0.15, 0.2) is 48.6 Å². The Bertz CT molecular complexity index is 988. The van der Waals surface area contributed by atoms with Crippen LogP contribution in [0.3, 0.4) is 0 Å². The lowest BCUT2D eigenvalue weighted by Crippen LogP contribution is -2.45. The average Bonchev–Trinajstić information content (AvgIpc) is 3.22. The molecule has 58 heavy (non-hydrogen) atoms. The van der Waals surface area contributed by atoms with Crippen molar-refractivity contribution < 1.29 is 24.5 Å². The van der Waals surface area contributed by atoms with Gasteiger partial charge in [-0.15, -0.1) is 0 Å². The molecule has 0 fully saturated rings. The number of rotatable bonds is 45. The lowest BCUT2D eigenvalue weighted by Gasteiger charge is -2.20. The van der Waals surface area contributed by atoms with Gasteiger partial charge in [0.15, 0.2) is 0 Å². The molecule has 0 aliphatic rings. The predicted octanol–water partition coefficient (Wildman–Crippen LogP) is 14.7. The highest BCUT2D eigenvalue weighted by atomic mass is 16.5. The number of carbonyl (C=O) groups is 2. The van der Waals surface area contributed by atoms with Gasteiger partial charge in [0.2, 0.25) is 5.91 Å². The van der Waals surface area contributed by atoms with Crippen LogP contribution >= 0.6 is 0 Å². The van der Waals surface area contributed by atoms with E-state index in [2.05, 4.69) is 55.6 Å². The molecule has 0 aromatic carbocycles. The molecule has 338 valence electrons. The molecule has 6 nitrogen and oxygen atoms in total. The van der Waals surface area contributed by atoms with Crippen molar-refractivity contribution in [2.45, 2.75) is 257 Å². The fourth-order valence-corrected chi connectivity index (χ4v) is 7.20. The second-order valence-corrected chi connectivity index (χ2v) is 16.8. The van der Waals surface area contributed by atoms with Crippen LogP contribution in [-0.2, 0) is 14.3 Å². The number of hydrogen-bond acceptors (Lipinski definition) is 5. The van der Waals surface area contributed by atoms with E-state index in [1.165, 1.54) is 141 Å². The van der Waals surface area contributed by atoms with Crippen molar-refractivity contribution in [3.8, 4) is 0 Å². The largest absolute Gasteiger partial charge is 0.466 e. The van der Waals surface area contributed by atoms with Gasteiger partial charge in [-0.1, -0.05) is 191 Å². The zero-order chi connectivity index (χ0) is 42.3. The monoisotopic (exact) mass is 814 g/mol. The number of amides is 1. The summed E-state index contributed by atoms with van der Waals surface area (Å²) >= 11 is 0. The molecular formula is C52H95NO5. The van der Waals surface area contributed by atoms with E-state index >= 15 is 0 Å². The molecule has 0 saturated carbocycles. The van der Waals surface area contributed by atoms with E-state index in [4.69, 9.17) is 4.74 Å². The highest BCUT2D eigenvalue weighted by molar-refractivity contribution is 5.76. The van der Waals surface area contributed by atoms with Crippen molar-refractivity contribution in [1.29, 1.82) is 0 Å². The molecule has 0 aliphatic heterocycles. The van der Waals surface area contributed by atoms with Gasteiger partial charge in [-0.2, -0.15) is 0 Å². The van der Waals surface area contributed by atoms with Crippen LogP contribution < -0.4 is 5.32 Å². The molecule has 0 aromatic rings. The van der Waals surface area contributed by atoms with Gasteiger partial charge in [0.25, 0.3) is 0 Å². The van der Waals surface area contributed by atoms with E-state index in [1.54, 1.807) is 6.08 Å². The number of nitrogens with one attached hydrogen (secondary N) is 1. The van der Waals surface area contributed by atoms with Crippen LogP contribution in [0.4, 0.5) is 0 Å². The van der Waals surface area contributed by atoms with Crippen LogP contribution in [0.2, 0.25) is 0 Å². The number of unbranched alkanes of at least 4 members (excludes halogenated alkanes) is 29. The molecule has 2 unspecified atom stereocenters. The van der Waals surface area contributed by atoms with E-state index in [1.807, 2.05) is 6.08 Å². The summed E-state index contributed by atoms with van der Waals surface area (Å²) in [6.07, 6.45) is 58.3. The Labute approximate surface area is 359 Å². The first-order chi connectivity index (χ1) is 28.5. The van der Waals surface area contributed by atoms with Crippen LogP contribution in [0.1, 0.15) is 245 Å². The highest BCUT2D eigenvalue weighted by Crippen LogP contribution is 2.14. The van der Waals surface area contributed by atoms with Gasteiger partial charge in [0.1, 0.15) is 0 Å². The minimum absolute atomic E-state index is 0.0247. The van der Waals surface area contributed by atoms with Crippen molar-refractivity contribution >= 4 is 11.9 Å². The minimum atomic E-state index is -0.849. The van der Waals surface area contributed by atoms with Crippen molar-refractivity contribution in [1.82, 2.24) is 5.32 Å². The number of ether oxygens (including phenoxy) is 1. The molecule has 2 atom stereocenters. The molecule has 0 saturated heterocycles. The zero-order valence-electron chi connectivity index (χ0n) is 38.3. The Hall–Kier alpha value is -2.18.